The summed E-state index contributed by atoms with van der Waals surface area (Å²) in [5.74, 6) is 0.371. The number of fused-ring (bicyclic) bond motifs is 1. The predicted molar refractivity (Wildman–Crippen MR) is 107 cm³/mol. The molecular weight excluding hydrogens is 377 g/mol. The van der Waals surface area contributed by atoms with Crippen molar-refractivity contribution in [3.8, 4) is 5.75 Å². The van der Waals surface area contributed by atoms with E-state index < -0.39 is 11.7 Å². The quantitative estimate of drug-likeness (QED) is 0.740. The Morgan fingerprint density at radius 2 is 1.86 bits per heavy atom. The molecule has 1 unspecified atom stereocenters. The first-order chi connectivity index (χ1) is 13.8. The van der Waals surface area contributed by atoms with E-state index in [4.69, 9.17) is 0 Å². The number of nitrogens with zero attached hydrogens (tertiary/aromatic N) is 1. The Labute approximate surface area is 168 Å². The van der Waals surface area contributed by atoms with Crippen molar-refractivity contribution >= 4 is 5.70 Å². The topological polar surface area (TPSA) is 35.5 Å². The third kappa shape index (κ3) is 3.99. The van der Waals surface area contributed by atoms with Gasteiger partial charge in [0.1, 0.15) is 5.75 Å². The van der Waals surface area contributed by atoms with Gasteiger partial charge in [0, 0.05) is 29.9 Å². The van der Waals surface area contributed by atoms with Gasteiger partial charge in [0.15, 0.2) is 0 Å². The third-order valence-electron chi connectivity index (χ3n) is 6.03. The number of halogens is 3. The SMILES string of the molecule is CN1CC=C(NCC2CCC2)c2ccccc2C1c1ccc(C(F)(F)F)cc1O. The average Bonchev–Trinajstić information content (AvgIpc) is 2.77. The minimum atomic E-state index is -4.48. The molecule has 2 aliphatic rings. The van der Waals surface area contributed by atoms with E-state index in [1.165, 1.54) is 25.3 Å². The summed E-state index contributed by atoms with van der Waals surface area (Å²) in [6.07, 6.45) is 1.44. The number of hydrogen-bond acceptors (Lipinski definition) is 3. The highest BCUT2D eigenvalue weighted by molar-refractivity contribution is 5.69. The predicted octanol–water partition coefficient (Wildman–Crippen LogP) is 5.18. The Balaban J connectivity index is 1.70. The van der Waals surface area contributed by atoms with Crippen LogP contribution >= 0.6 is 0 Å². The second kappa shape index (κ2) is 7.75. The lowest BCUT2D eigenvalue weighted by Gasteiger charge is -2.29. The maximum Gasteiger partial charge on any atom is 0.416 e. The van der Waals surface area contributed by atoms with Crippen LogP contribution in [0.3, 0.4) is 0 Å². The molecule has 2 N–H and O–H groups in total. The van der Waals surface area contributed by atoms with E-state index in [1.807, 2.05) is 36.2 Å². The van der Waals surface area contributed by atoms with Crippen LogP contribution in [0.5, 0.6) is 5.75 Å². The molecule has 0 spiro atoms. The van der Waals surface area contributed by atoms with Crippen molar-refractivity contribution in [2.75, 3.05) is 20.1 Å². The zero-order valence-corrected chi connectivity index (χ0v) is 16.3. The third-order valence-corrected chi connectivity index (χ3v) is 6.03. The summed E-state index contributed by atoms with van der Waals surface area (Å²) in [5, 5.41) is 14.0. The standard InChI is InChI=1S/C23H25F3N2O/c1-28-12-11-20(27-14-15-5-4-6-15)17-7-2-3-8-18(17)22(28)19-10-9-16(13-21(19)29)23(24,25)26/h2-3,7-11,13,15,22,27,29H,4-6,12,14H2,1H3. The van der Waals surface area contributed by atoms with E-state index in [0.29, 0.717) is 18.0 Å². The van der Waals surface area contributed by atoms with Gasteiger partial charge >= 0.3 is 6.18 Å². The van der Waals surface area contributed by atoms with Gasteiger partial charge in [0.2, 0.25) is 0 Å². The lowest BCUT2D eigenvalue weighted by Crippen LogP contribution is -2.26. The van der Waals surface area contributed by atoms with E-state index in [9.17, 15) is 18.3 Å². The molecule has 0 aromatic heterocycles. The number of benzene rings is 2. The van der Waals surface area contributed by atoms with Gasteiger partial charge in [-0.25, -0.2) is 0 Å². The van der Waals surface area contributed by atoms with Gasteiger partial charge < -0.3 is 10.4 Å². The van der Waals surface area contributed by atoms with Gasteiger partial charge in [0.25, 0.3) is 0 Å². The summed E-state index contributed by atoms with van der Waals surface area (Å²) >= 11 is 0. The molecule has 29 heavy (non-hydrogen) atoms. The number of likely N-dealkylation sites (N-methyl/N-ethyl adjacent to an activating group) is 1. The molecule has 4 rings (SSSR count). The van der Waals surface area contributed by atoms with Crippen molar-refractivity contribution in [3.63, 3.8) is 0 Å². The number of hydrogen-bond donors (Lipinski definition) is 2. The summed E-state index contributed by atoms with van der Waals surface area (Å²) in [6.45, 7) is 1.55. The number of aromatic hydroxyl groups is 1. The molecule has 0 radical (unpaired) electrons. The van der Waals surface area contributed by atoms with Crippen LogP contribution in [0.15, 0.2) is 48.5 Å². The van der Waals surface area contributed by atoms with Crippen LogP contribution in [-0.2, 0) is 6.18 Å². The lowest BCUT2D eigenvalue weighted by atomic mass is 9.85. The number of phenolic OH excluding ortho intramolecular Hbond substituents is 1. The molecule has 1 atom stereocenters. The molecule has 3 nitrogen and oxygen atoms in total. The van der Waals surface area contributed by atoms with Crippen LogP contribution in [0.4, 0.5) is 13.2 Å². The van der Waals surface area contributed by atoms with E-state index in [1.54, 1.807) is 0 Å². The maximum absolute atomic E-state index is 13.0. The number of nitrogens with one attached hydrogen (secondary N) is 1. The van der Waals surface area contributed by atoms with E-state index in [2.05, 4.69) is 11.4 Å². The summed E-state index contributed by atoms with van der Waals surface area (Å²) in [7, 11) is 1.92. The van der Waals surface area contributed by atoms with Crippen molar-refractivity contribution in [1.82, 2.24) is 10.2 Å². The van der Waals surface area contributed by atoms with Crippen molar-refractivity contribution in [1.29, 1.82) is 0 Å². The highest BCUT2D eigenvalue weighted by atomic mass is 19.4. The van der Waals surface area contributed by atoms with Gasteiger partial charge in [0.05, 0.1) is 11.6 Å². The van der Waals surface area contributed by atoms with Gasteiger partial charge in [-0.15, -0.1) is 0 Å². The molecule has 2 aromatic rings. The molecule has 6 heteroatoms. The molecule has 154 valence electrons. The number of alkyl halides is 3. The van der Waals surface area contributed by atoms with Crippen LogP contribution in [0, 0.1) is 5.92 Å². The smallest absolute Gasteiger partial charge is 0.416 e. The molecular formula is C23H25F3N2O. The minimum Gasteiger partial charge on any atom is -0.508 e. The van der Waals surface area contributed by atoms with Crippen LogP contribution < -0.4 is 5.32 Å². The molecule has 1 fully saturated rings. The first kappa shape index (κ1) is 19.8. The summed E-state index contributed by atoms with van der Waals surface area (Å²) in [6, 6.07) is 10.8. The highest BCUT2D eigenvalue weighted by Gasteiger charge is 2.33. The first-order valence-corrected chi connectivity index (χ1v) is 9.98. The van der Waals surface area contributed by atoms with Crippen molar-refractivity contribution in [3.05, 3.63) is 70.8 Å². The van der Waals surface area contributed by atoms with E-state index in [-0.39, 0.29) is 11.8 Å². The second-order valence-electron chi connectivity index (χ2n) is 8.00. The molecule has 0 saturated heterocycles. The molecule has 1 aliphatic heterocycles. The van der Waals surface area contributed by atoms with Crippen LogP contribution in [0.25, 0.3) is 5.70 Å². The normalized spacial score (nSPS) is 20.4. The van der Waals surface area contributed by atoms with Crippen molar-refractivity contribution in [2.24, 2.45) is 5.92 Å². The molecule has 0 bridgehead atoms. The molecule has 1 heterocycles. The van der Waals surface area contributed by atoms with Crippen LogP contribution in [0.1, 0.15) is 47.6 Å². The lowest BCUT2D eigenvalue weighted by molar-refractivity contribution is -0.137. The van der Waals surface area contributed by atoms with Gasteiger partial charge in [-0.1, -0.05) is 36.8 Å². The summed E-state index contributed by atoms with van der Waals surface area (Å²) in [4.78, 5) is 2.04. The van der Waals surface area contributed by atoms with Gasteiger partial charge in [-0.2, -0.15) is 13.2 Å². The van der Waals surface area contributed by atoms with Crippen LogP contribution in [0.2, 0.25) is 0 Å². The second-order valence-corrected chi connectivity index (χ2v) is 8.00. The zero-order chi connectivity index (χ0) is 20.6. The largest absolute Gasteiger partial charge is 0.508 e. The monoisotopic (exact) mass is 402 g/mol. The van der Waals surface area contributed by atoms with E-state index >= 15 is 0 Å². The number of phenols is 1. The molecule has 1 saturated carbocycles. The molecule has 0 amide bonds. The Morgan fingerprint density at radius 1 is 1.10 bits per heavy atom. The number of rotatable bonds is 4. The van der Waals surface area contributed by atoms with Crippen LogP contribution in [-0.4, -0.2) is 30.1 Å². The molecule has 2 aromatic carbocycles. The minimum absolute atomic E-state index is 0.336. The fourth-order valence-corrected chi connectivity index (χ4v) is 4.14. The zero-order valence-electron chi connectivity index (χ0n) is 16.3. The highest BCUT2D eigenvalue weighted by Crippen LogP contribution is 2.41. The fraction of sp³-hybridized carbons (Fsp3) is 0.391. The van der Waals surface area contributed by atoms with E-state index in [0.717, 1.165) is 35.5 Å². The van der Waals surface area contributed by atoms with Crippen molar-refractivity contribution in [2.45, 2.75) is 31.5 Å². The van der Waals surface area contributed by atoms with Gasteiger partial charge in [-0.05, 0) is 49.6 Å². The van der Waals surface area contributed by atoms with Crippen molar-refractivity contribution < 1.29 is 18.3 Å². The Kier molecular flexibility index (Phi) is 5.30. The first-order valence-electron chi connectivity index (χ1n) is 9.98. The Bertz CT molecular complexity index is 919. The fourth-order valence-electron chi connectivity index (χ4n) is 4.14. The summed E-state index contributed by atoms with van der Waals surface area (Å²) in [5.41, 5.74) is 2.68. The Hall–Kier alpha value is -2.47. The summed E-state index contributed by atoms with van der Waals surface area (Å²) < 4.78 is 39.1. The Morgan fingerprint density at radius 3 is 2.52 bits per heavy atom. The molecule has 1 aliphatic carbocycles. The maximum atomic E-state index is 13.0. The van der Waals surface area contributed by atoms with Gasteiger partial charge in [-0.3, -0.25) is 4.90 Å². The average molecular weight is 402 g/mol.